The molecule has 0 heterocycles. The zero-order valence-electron chi connectivity index (χ0n) is 11.6. The average Bonchev–Trinajstić information content (AvgIpc) is 2.43. The molecular weight excluding hydrogens is 262 g/mol. The van der Waals surface area contributed by atoms with Crippen LogP contribution in [0.1, 0.15) is 49.4 Å². The molecule has 1 fully saturated rings. The zero-order chi connectivity index (χ0) is 14.7. The van der Waals surface area contributed by atoms with Crippen molar-refractivity contribution in [3.63, 3.8) is 0 Å². The average molecular weight is 282 g/mol. The van der Waals surface area contributed by atoms with Crippen molar-refractivity contribution < 1.29 is 13.6 Å². The number of benzene rings is 1. The minimum absolute atomic E-state index is 0.00782. The highest BCUT2D eigenvalue weighted by molar-refractivity contribution is 5.99. The summed E-state index contributed by atoms with van der Waals surface area (Å²) in [6.07, 6.45) is 5.78. The summed E-state index contributed by atoms with van der Waals surface area (Å²) in [5.74, 6) is -2.10. The van der Waals surface area contributed by atoms with Crippen LogP contribution in [0.2, 0.25) is 0 Å². The molecule has 0 spiro atoms. The minimum Gasteiger partial charge on any atom is -0.398 e. The van der Waals surface area contributed by atoms with Gasteiger partial charge in [0.25, 0.3) is 5.91 Å². The molecule has 0 aliphatic heterocycles. The van der Waals surface area contributed by atoms with E-state index in [-0.39, 0.29) is 17.3 Å². The lowest BCUT2D eigenvalue weighted by Crippen LogP contribution is -2.39. The SMILES string of the molecule is CC(NC(=O)c1cc(F)c(F)cc1N)C1CCCCC1. The Balaban J connectivity index is 2.06. The molecule has 1 aromatic carbocycles. The van der Waals surface area contributed by atoms with E-state index in [1.165, 1.54) is 19.3 Å². The third-order valence-corrected chi connectivity index (χ3v) is 4.05. The van der Waals surface area contributed by atoms with E-state index in [0.29, 0.717) is 5.92 Å². The summed E-state index contributed by atoms with van der Waals surface area (Å²) in [5, 5.41) is 2.85. The van der Waals surface area contributed by atoms with Gasteiger partial charge in [-0.1, -0.05) is 19.3 Å². The minimum atomic E-state index is -1.06. The molecule has 0 aromatic heterocycles. The molecule has 1 amide bonds. The summed E-state index contributed by atoms with van der Waals surface area (Å²) < 4.78 is 26.2. The van der Waals surface area contributed by atoms with Gasteiger partial charge >= 0.3 is 0 Å². The summed E-state index contributed by atoms with van der Waals surface area (Å²) in [6.45, 7) is 1.95. The van der Waals surface area contributed by atoms with Gasteiger partial charge in [-0.05, 0) is 31.7 Å². The number of nitrogen functional groups attached to an aromatic ring is 1. The second-order valence-electron chi connectivity index (χ2n) is 5.51. The molecule has 0 radical (unpaired) electrons. The topological polar surface area (TPSA) is 55.1 Å². The van der Waals surface area contributed by atoms with Gasteiger partial charge in [-0.25, -0.2) is 8.78 Å². The maximum absolute atomic E-state index is 13.2. The van der Waals surface area contributed by atoms with Crippen molar-refractivity contribution >= 4 is 11.6 Å². The molecule has 1 unspecified atom stereocenters. The Labute approximate surface area is 117 Å². The Morgan fingerprint density at radius 3 is 2.50 bits per heavy atom. The maximum atomic E-state index is 13.2. The summed E-state index contributed by atoms with van der Waals surface area (Å²) >= 11 is 0. The van der Waals surface area contributed by atoms with Crippen LogP contribution in [0, 0.1) is 17.6 Å². The molecule has 2 rings (SSSR count). The van der Waals surface area contributed by atoms with Gasteiger partial charge in [0.2, 0.25) is 0 Å². The Bertz CT molecular complexity index is 499. The smallest absolute Gasteiger partial charge is 0.253 e. The van der Waals surface area contributed by atoms with Gasteiger partial charge in [0.05, 0.1) is 5.56 Å². The lowest BCUT2D eigenvalue weighted by molar-refractivity contribution is 0.0919. The van der Waals surface area contributed by atoms with E-state index in [0.717, 1.165) is 25.0 Å². The fourth-order valence-corrected chi connectivity index (χ4v) is 2.80. The third kappa shape index (κ3) is 3.26. The fraction of sp³-hybridized carbons (Fsp3) is 0.533. The fourth-order valence-electron chi connectivity index (χ4n) is 2.80. The number of rotatable bonds is 3. The van der Waals surface area contributed by atoms with Crippen molar-refractivity contribution in [3.05, 3.63) is 29.3 Å². The lowest BCUT2D eigenvalue weighted by atomic mass is 9.84. The molecule has 3 nitrogen and oxygen atoms in total. The van der Waals surface area contributed by atoms with Crippen molar-refractivity contribution in [2.75, 3.05) is 5.73 Å². The number of nitrogens with one attached hydrogen (secondary N) is 1. The second kappa shape index (κ2) is 6.20. The zero-order valence-corrected chi connectivity index (χ0v) is 11.6. The molecule has 0 saturated heterocycles. The molecule has 1 aromatic rings. The predicted molar refractivity (Wildman–Crippen MR) is 74.3 cm³/mol. The lowest BCUT2D eigenvalue weighted by Gasteiger charge is -2.28. The molecule has 1 saturated carbocycles. The first-order chi connectivity index (χ1) is 9.49. The Hall–Kier alpha value is -1.65. The van der Waals surface area contributed by atoms with Crippen LogP contribution in [0.3, 0.4) is 0 Å². The van der Waals surface area contributed by atoms with Crippen LogP contribution in [0.25, 0.3) is 0 Å². The van der Waals surface area contributed by atoms with Crippen molar-refractivity contribution in [1.82, 2.24) is 5.32 Å². The van der Waals surface area contributed by atoms with Crippen LogP contribution >= 0.6 is 0 Å². The van der Waals surface area contributed by atoms with E-state index in [1.807, 2.05) is 6.92 Å². The van der Waals surface area contributed by atoms with Crippen molar-refractivity contribution in [3.8, 4) is 0 Å². The summed E-state index contributed by atoms with van der Waals surface area (Å²) in [6, 6.07) is 1.71. The van der Waals surface area contributed by atoms with Gasteiger partial charge in [-0.2, -0.15) is 0 Å². The monoisotopic (exact) mass is 282 g/mol. The number of carbonyl (C=O) groups is 1. The standard InChI is InChI=1S/C15H20F2N2O/c1-9(10-5-3-2-4-6-10)19-15(20)11-7-12(16)13(17)8-14(11)18/h7-10H,2-6,18H2,1H3,(H,19,20). The first-order valence-corrected chi connectivity index (χ1v) is 7.04. The Morgan fingerprint density at radius 2 is 1.85 bits per heavy atom. The van der Waals surface area contributed by atoms with Gasteiger partial charge in [0.1, 0.15) is 0 Å². The molecule has 1 aliphatic rings. The first-order valence-electron chi connectivity index (χ1n) is 7.04. The highest BCUT2D eigenvalue weighted by atomic mass is 19.2. The Kier molecular flexibility index (Phi) is 4.57. The highest BCUT2D eigenvalue weighted by Crippen LogP contribution is 2.26. The van der Waals surface area contributed by atoms with E-state index in [2.05, 4.69) is 5.32 Å². The second-order valence-corrected chi connectivity index (χ2v) is 5.51. The van der Waals surface area contributed by atoms with Gasteiger partial charge in [0, 0.05) is 17.8 Å². The van der Waals surface area contributed by atoms with Crippen LogP contribution in [0.5, 0.6) is 0 Å². The van der Waals surface area contributed by atoms with Crippen LogP contribution in [-0.4, -0.2) is 11.9 Å². The quantitative estimate of drug-likeness (QED) is 0.836. The Morgan fingerprint density at radius 1 is 1.25 bits per heavy atom. The van der Waals surface area contributed by atoms with Gasteiger partial charge < -0.3 is 11.1 Å². The van der Waals surface area contributed by atoms with Crippen molar-refractivity contribution in [2.45, 2.75) is 45.1 Å². The molecule has 1 atom stereocenters. The summed E-state index contributed by atoms with van der Waals surface area (Å²) in [7, 11) is 0. The normalized spacial score (nSPS) is 17.8. The van der Waals surface area contributed by atoms with Crippen molar-refractivity contribution in [2.24, 2.45) is 5.92 Å². The van der Waals surface area contributed by atoms with Gasteiger partial charge in [-0.15, -0.1) is 0 Å². The molecule has 5 heteroatoms. The van der Waals surface area contributed by atoms with Crippen LogP contribution < -0.4 is 11.1 Å². The number of hydrogen-bond donors (Lipinski definition) is 2. The molecule has 110 valence electrons. The van der Waals surface area contributed by atoms with Gasteiger partial charge in [0.15, 0.2) is 11.6 Å². The first kappa shape index (κ1) is 14.8. The summed E-state index contributed by atoms with van der Waals surface area (Å²) in [4.78, 5) is 12.1. The van der Waals surface area contributed by atoms with Crippen molar-refractivity contribution in [1.29, 1.82) is 0 Å². The van der Waals surface area contributed by atoms with Crippen LogP contribution in [0.15, 0.2) is 12.1 Å². The number of carbonyl (C=O) groups excluding carboxylic acids is 1. The number of amides is 1. The molecule has 1 aliphatic carbocycles. The predicted octanol–water partition coefficient (Wildman–Crippen LogP) is 3.25. The molecule has 0 bridgehead atoms. The van der Waals surface area contributed by atoms with Gasteiger partial charge in [-0.3, -0.25) is 4.79 Å². The van der Waals surface area contributed by atoms with E-state index in [4.69, 9.17) is 5.73 Å². The molecule has 3 N–H and O–H groups in total. The van der Waals surface area contributed by atoms with E-state index >= 15 is 0 Å². The molecule has 20 heavy (non-hydrogen) atoms. The van der Waals surface area contributed by atoms with Crippen LogP contribution in [-0.2, 0) is 0 Å². The van der Waals surface area contributed by atoms with E-state index in [1.54, 1.807) is 0 Å². The number of nitrogens with two attached hydrogens (primary N) is 1. The maximum Gasteiger partial charge on any atom is 0.253 e. The number of anilines is 1. The third-order valence-electron chi connectivity index (χ3n) is 4.05. The molecular formula is C15H20F2N2O. The largest absolute Gasteiger partial charge is 0.398 e. The van der Waals surface area contributed by atoms with E-state index < -0.39 is 17.5 Å². The summed E-state index contributed by atoms with van der Waals surface area (Å²) in [5.41, 5.74) is 5.53. The van der Waals surface area contributed by atoms with E-state index in [9.17, 15) is 13.6 Å². The number of halogens is 2. The number of hydrogen-bond acceptors (Lipinski definition) is 2. The highest BCUT2D eigenvalue weighted by Gasteiger charge is 2.23. The van der Waals surface area contributed by atoms with Crippen LogP contribution in [0.4, 0.5) is 14.5 Å².